The number of halogens is 2. The number of rotatable bonds is 4. The number of amides is 1. The van der Waals surface area contributed by atoms with Crippen LogP contribution < -0.4 is 4.74 Å². The van der Waals surface area contributed by atoms with Crippen LogP contribution in [0.4, 0.5) is 4.39 Å². The van der Waals surface area contributed by atoms with Gasteiger partial charge in [-0.1, -0.05) is 15.9 Å². The van der Waals surface area contributed by atoms with Crippen LogP contribution in [0.2, 0.25) is 0 Å². The highest BCUT2D eigenvalue weighted by molar-refractivity contribution is 9.10. The van der Waals surface area contributed by atoms with Gasteiger partial charge in [0.2, 0.25) is 0 Å². The number of carboxylic acid groups (broad SMARTS) is 1. The average Bonchev–Trinajstić information content (AvgIpc) is 2.44. The summed E-state index contributed by atoms with van der Waals surface area (Å²) in [6, 6.07) is 4.08. The lowest BCUT2D eigenvalue weighted by atomic mass is 9.97. The lowest BCUT2D eigenvalue weighted by Crippen LogP contribution is -2.42. The number of carboxylic acids is 1. The summed E-state index contributed by atoms with van der Waals surface area (Å²) in [5, 5.41) is 8.90. The third-order valence-electron chi connectivity index (χ3n) is 3.40. The van der Waals surface area contributed by atoms with Gasteiger partial charge in [-0.2, -0.15) is 0 Å². The number of carbonyl (C=O) groups is 2. The van der Waals surface area contributed by atoms with Gasteiger partial charge in [0.05, 0.1) is 5.92 Å². The van der Waals surface area contributed by atoms with Crippen LogP contribution in [0.15, 0.2) is 22.7 Å². The molecule has 1 aliphatic rings. The van der Waals surface area contributed by atoms with E-state index in [1.165, 1.54) is 12.1 Å². The van der Waals surface area contributed by atoms with E-state index >= 15 is 0 Å². The second-order valence-corrected chi connectivity index (χ2v) is 5.80. The Morgan fingerprint density at radius 1 is 1.33 bits per heavy atom. The Kier molecular flexibility index (Phi) is 5.17. The second-order valence-electron chi connectivity index (χ2n) is 4.89. The summed E-state index contributed by atoms with van der Waals surface area (Å²) < 4.78 is 19.0. The molecule has 7 heteroatoms. The van der Waals surface area contributed by atoms with Gasteiger partial charge < -0.3 is 14.7 Å². The maximum absolute atomic E-state index is 13.2. The lowest BCUT2D eigenvalue weighted by molar-refractivity contribution is -0.146. The monoisotopic (exact) mass is 359 g/mol. The molecule has 1 saturated heterocycles. The molecule has 1 amide bonds. The van der Waals surface area contributed by atoms with Crippen LogP contribution in [0.5, 0.6) is 5.75 Å². The van der Waals surface area contributed by atoms with Crippen molar-refractivity contribution in [1.82, 2.24) is 4.90 Å². The molecule has 1 N–H and O–H groups in total. The first-order valence-corrected chi connectivity index (χ1v) is 7.34. The van der Waals surface area contributed by atoms with E-state index in [-0.39, 0.29) is 24.2 Å². The van der Waals surface area contributed by atoms with Crippen LogP contribution in [0.3, 0.4) is 0 Å². The van der Waals surface area contributed by atoms with Crippen molar-refractivity contribution in [3.8, 4) is 5.75 Å². The molecule has 1 fully saturated rings. The average molecular weight is 360 g/mol. The van der Waals surface area contributed by atoms with Gasteiger partial charge in [-0.05, 0) is 25.0 Å². The van der Waals surface area contributed by atoms with E-state index in [1.807, 2.05) is 0 Å². The summed E-state index contributed by atoms with van der Waals surface area (Å²) in [6.45, 7) is 0.631. The molecule has 0 bridgehead atoms. The molecule has 5 nitrogen and oxygen atoms in total. The number of carbonyl (C=O) groups excluding carboxylic acids is 1. The molecule has 0 atom stereocenters. The molecule has 0 unspecified atom stereocenters. The van der Waals surface area contributed by atoms with E-state index in [2.05, 4.69) is 15.9 Å². The largest absolute Gasteiger partial charge is 0.484 e. The van der Waals surface area contributed by atoms with Crippen LogP contribution in [-0.2, 0) is 9.59 Å². The zero-order valence-electron chi connectivity index (χ0n) is 11.2. The highest BCUT2D eigenvalue weighted by Gasteiger charge is 2.27. The maximum atomic E-state index is 13.2. The highest BCUT2D eigenvalue weighted by atomic mass is 79.9. The van der Waals surface area contributed by atoms with E-state index in [0.717, 1.165) is 0 Å². The number of aliphatic carboxylic acids is 1. The molecule has 2 rings (SSSR count). The van der Waals surface area contributed by atoms with Gasteiger partial charge >= 0.3 is 5.97 Å². The first-order chi connectivity index (χ1) is 9.95. The van der Waals surface area contributed by atoms with Crippen LogP contribution in [0, 0.1) is 11.7 Å². The molecule has 1 heterocycles. The summed E-state index contributed by atoms with van der Waals surface area (Å²) in [6.07, 6.45) is 0.902. The Hall–Kier alpha value is -1.63. The molecule has 1 aliphatic heterocycles. The Bertz CT molecular complexity index is 524. The smallest absolute Gasteiger partial charge is 0.306 e. The summed E-state index contributed by atoms with van der Waals surface area (Å²) >= 11 is 3.15. The molecular weight excluding hydrogens is 345 g/mol. The third-order valence-corrected chi connectivity index (χ3v) is 3.85. The summed E-state index contributed by atoms with van der Waals surface area (Å²) in [5.41, 5.74) is 0. The predicted octanol–water partition coefficient (Wildman–Crippen LogP) is 2.29. The number of benzene rings is 1. The summed E-state index contributed by atoms with van der Waals surface area (Å²) in [5.74, 6) is -1.60. The molecule has 1 aromatic rings. The number of hydrogen-bond acceptors (Lipinski definition) is 3. The lowest BCUT2D eigenvalue weighted by Gasteiger charge is -2.30. The van der Waals surface area contributed by atoms with Crippen molar-refractivity contribution in [3.63, 3.8) is 0 Å². The van der Waals surface area contributed by atoms with Crippen molar-refractivity contribution in [2.75, 3.05) is 19.7 Å². The summed E-state index contributed by atoms with van der Waals surface area (Å²) in [4.78, 5) is 24.4. The van der Waals surface area contributed by atoms with Crippen LogP contribution in [0.1, 0.15) is 12.8 Å². The zero-order valence-corrected chi connectivity index (χ0v) is 12.8. The minimum atomic E-state index is -0.817. The van der Waals surface area contributed by atoms with Gasteiger partial charge in [0, 0.05) is 23.6 Å². The van der Waals surface area contributed by atoms with Gasteiger partial charge in [-0.15, -0.1) is 0 Å². The van der Waals surface area contributed by atoms with E-state index in [9.17, 15) is 14.0 Å². The number of piperidine rings is 1. The van der Waals surface area contributed by atoms with Gasteiger partial charge in [0.15, 0.2) is 6.61 Å². The van der Waals surface area contributed by atoms with E-state index in [1.54, 1.807) is 11.0 Å². The molecular formula is C14H15BrFNO4. The van der Waals surface area contributed by atoms with Crippen molar-refractivity contribution in [3.05, 3.63) is 28.5 Å². The maximum Gasteiger partial charge on any atom is 0.306 e. The third kappa shape index (κ3) is 4.42. The van der Waals surface area contributed by atoms with Gasteiger partial charge in [0.25, 0.3) is 5.91 Å². The quantitative estimate of drug-likeness (QED) is 0.895. The first kappa shape index (κ1) is 15.8. The molecule has 1 aromatic carbocycles. The molecule has 0 saturated carbocycles. The van der Waals surface area contributed by atoms with E-state index in [4.69, 9.17) is 9.84 Å². The Labute approximate surface area is 129 Å². The molecule has 0 spiro atoms. The molecule has 0 radical (unpaired) electrons. The van der Waals surface area contributed by atoms with Crippen LogP contribution >= 0.6 is 15.9 Å². The van der Waals surface area contributed by atoms with Gasteiger partial charge in [0.1, 0.15) is 11.6 Å². The molecule has 114 valence electrons. The normalized spacial score (nSPS) is 15.8. The highest BCUT2D eigenvalue weighted by Crippen LogP contribution is 2.21. The Morgan fingerprint density at radius 2 is 2.00 bits per heavy atom. The number of likely N-dealkylation sites (tertiary alicyclic amines) is 1. The predicted molar refractivity (Wildman–Crippen MR) is 76.5 cm³/mol. The van der Waals surface area contributed by atoms with Crippen molar-refractivity contribution in [1.29, 1.82) is 0 Å². The van der Waals surface area contributed by atoms with Crippen molar-refractivity contribution >= 4 is 27.8 Å². The fraction of sp³-hybridized carbons (Fsp3) is 0.429. The Morgan fingerprint density at radius 3 is 2.57 bits per heavy atom. The fourth-order valence-electron chi connectivity index (χ4n) is 2.22. The topological polar surface area (TPSA) is 66.8 Å². The van der Waals surface area contributed by atoms with Crippen molar-refractivity contribution in [2.45, 2.75) is 12.8 Å². The minimum Gasteiger partial charge on any atom is -0.484 e. The molecule has 0 aromatic heterocycles. The van der Waals surface area contributed by atoms with Crippen LogP contribution in [0.25, 0.3) is 0 Å². The minimum absolute atomic E-state index is 0.187. The van der Waals surface area contributed by atoms with E-state index in [0.29, 0.717) is 30.4 Å². The second kappa shape index (κ2) is 6.89. The number of nitrogens with zero attached hydrogens (tertiary/aromatic N) is 1. The summed E-state index contributed by atoms with van der Waals surface area (Å²) in [7, 11) is 0. The Balaban J connectivity index is 1.84. The van der Waals surface area contributed by atoms with Gasteiger partial charge in [-0.3, -0.25) is 9.59 Å². The van der Waals surface area contributed by atoms with Crippen molar-refractivity contribution < 1.29 is 23.8 Å². The van der Waals surface area contributed by atoms with Crippen LogP contribution in [-0.4, -0.2) is 41.6 Å². The molecule has 21 heavy (non-hydrogen) atoms. The number of ether oxygens (including phenoxy) is 1. The van der Waals surface area contributed by atoms with Gasteiger partial charge in [-0.25, -0.2) is 4.39 Å². The first-order valence-electron chi connectivity index (χ1n) is 6.55. The zero-order chi connectivity index (χ0) is 15.4. The number of hydrogen-bond donors (Lipinski definition) is 1. The SMILES string of the molecule is O=C(O)C1CCN(C(=O)COc2cc(F)cc(Br)c2)CC1. The molecule has 0 aliphatic carbocycles. The standard InChI is InChI=1S/C14H15BrFNO4/c15-10-5-11(16)7-12(6-10)21-8-13(18)17-3-1-9(2-4-17)14(19)20/h5-7,9H,1-4,8H2,(H,19,20). The van der Waals surface area contributed by atoms with E-state index < -0.39 is 11.8 Å². The fourth-order valence-corrected chi connectivity index (χ4v) is 2.67. The van der Waals surface area contributed by atoms with Crippen molar-refractivity contribution in [2.24, 2.45) is 5.92 Å².